The van der Waals surface area contributed by atoms with Crippen molar-refractivity contribution in [1.82, 2.24) is 9.55 Å². The van der Waals surface area contributed by atoms with Crippen LogP contribution in [0.15, 0.2) is 43.0 Å². The number of carbonyl (C=O) groups excluding carboxylic acids is 2. The van der Waals surface area contributed by atoms with Gasteiger partial charge in [-0.25, -0.2) is 9.78 Å². The number of carbonyl (C=O) groups is 2. The third kappa shape index (κ3) is 5.95. The van der Waals surface area contributed by atoms with Gasteiger partial charge >= 0.3 is 11.9 Å². The first-order valence-electron chi connectivity index (χ1n) is 11.5. The molecular formula is C23H27N3O9. The molecule has 0 aliphatic carbocycles. The molecule has 0 amide bonds. The molecule has 2 saturated heterocycles. The number of aromatic nitrogens is 2. The van der Waals surface area contributed by atoms with E-state index in [9.17, 15) is 19.7 Å². The van der Waals surface area contributed by atoms with Gasteiger partial charge in [-0.15, -0.1) is 10.1 Å². The number of rotatable bonds is 11. The topological polar surface area (TPSA) is 141 Å². The van der Waals surface area contributed by atoms with E-state index >= 15 is 0 Å². The predicted molar refractivity (Wildman–Crippen MR) is 118 cm³/mol. The second-order valence-electron chi connectivity index (χ2n) is 8.35. The highest BCUT2D eigenvalue weighted by molar-refractivity contribution is 5.91. The molecule has 1 aromatic heterocycles. The Kier molecular flexibility index (Phi) is 7.93. The van der Waals surface area contributed by atoms with Gasteiger partial charge in [0.1, 0.15) is 24.9 Å². The van der Waals surface area contributed by atoms with Gasteiger partial charge in [0.05, 0.1) is 25.1 Å². The predicted octanol–water partition coefficient (Wildman–Crippen LogP) is 2.26. The van der Waals surface area contributed by atoms with Crippen molar-refractivity contribution in [2.45, 2.75) is 63.3 Å². The van der Waals surface area contributed by atoms with Crippen molar-refractivity contribution in [3.05, 3.63) is 64.2 Å². The third-order valence-corrected chi connectivity index (χ3v) is 5.93. The zero-order valence-electron chi connectivity index (χ0n) is 19.2. The van der Waals surface area contributed by atoms with E-state index in [4.69, 9.17) is 18.9 Å². The van der Waals surface area contributed by atoms with Crippen LogP contribution < -0.4 is 0 Å². The highest BCUT2D eigenvalue weighted by atomic mass is 17.0. The summed E-state index contributed by atoms with van der Waals surface area (Å²) < 4.78 is 24.2. The molecule has 0 radical (unpaired) electrons. The summed E-state index contributed by atoms with van der Waals surface area (Å²) in [5.41, 5.74) is 0.811. The molecule has 2 aromatic rings. The number of imidazole rings is 1. The summed E-state index contributed by atoms with van der Waals surface area (Å²) in [7, 11) is 0. The molecule has 5 atom stereocenters. The van der Waals surface area contributed by atoms with Crippen molar-refractivity contribution in [2.24, 2.45) is 0 Å². The molecular weight excluding hydrogens is 462 g/mol. The van der Waals surface area contributed by atoms with Crippen molar-refractivity contribution in [3.8, 4) is 0 Å². The SMILES string of the molecule is CCCCC(OC(=O)Cn1ccnc1)c1ccccc1C(=O)OC1CO[C@H]2[C@@H]1OC[C@H]2O[N+](=O)[O-]. The molecule has 2 fully saturated rings. The number of fused-ring (bicyclic) bond motifs is 1. The first-order chi connectivity index (χ1) is 17.0. The number of ether oxygens (including phenoxy) is 4. The van der Waals surface area contributed by atoms with Crippen LogP contribution in [0.25, 0.3) is 0 Å². The summed E-state index contributed by atoms with van der Waals surface area (Å²) in [4.78, 5) is 44.9. The minimum Gasteiger partial charge on any atom is -0.456 e. The van der Waals surface area contributed by atoms with Gasteiger partial charge in [-0.1, -0.05) is 31.5 Å². The maximum Gasteiger partial charge on any atom is 0.339 e. The van der Waals surface area contributed by atoms with Crippen molar-refractivity contribution in [1.29, 1.82) is 0 Å². The van der Waals surface area contributed by atoms with Crippen LogP contribution in [0, 0.1) is 10.1 Å². The van der Waals surface area contributed by atoms with Gasteiger partial charge in [-0.3, -0.25) is 4.79 Å². The second-order valence-corrected chi connectivity index (χ2v) is 8.35. The lowest BCUT2D eigenvalue weighted by molar-refractivity contribution is -0.769. The first kappa shape index (κ1) is 24.6. The Balaban J connectivity index is 1.46. The molecule has 188 valence electrons. The second kappa shape index (κ2) is 11.3. The lowest BCUT2D eigenvalue weighted by atomic mass is 9.98. The van der Waals surface area contributed by atoms with E-state index < -0.39 is 47.5 Å². The fourth-order valence-electron chi connectivity index (χ4n) is 4.29. The Hall–Kier alpha value is -3.51. The van der Waals surface area contributed by atoms with Crippen LogP contribution in [0.1, 0.15) is 48.2 Å². The van der Waals surface area contributed by atoms with E-state index in [1.54, 1.807) is 41.2 Å². The standard InChI is InChI=1S/C23H27N3O9/c1-2-3-8-17(33-20(27)11-25-10-9-24-14-25)15-6-4-5-7-16(15)23(28)34-18-12-31-22-19(35-26(29)30)13-32-21(18)22/h4-7,9-10,14,17-19,21-22H,2-3,8,11-13H2,1H3/t17?,18?,19-,21-,22-/m1/s1. The number of esters is 2. The minimum atomic E-state index is -0.889. The molecule has 4 rings (SSSR count). The van der Waals surface area contributed by atoms with Crippen LogP contribution in [0.4, 0.5) is 0 Å². The van der Waals surface area contributed by atoms with Gasteiger partial charge in [-0.05, 0) is 18.9 Å². The van der Waals surface area contributed by atoms with Crippen LogP contribution in [0.5, 0.6) is 0 Å². The molecule has 12 nitrogen and oxygen atoms in total. The monoisotopic (exact) mass is 489 g/mol. The zero-order chi connectivity index (χ0) is 24.8. The molecule has 35 heavy (non-hydrogen) atoms. The lowest BCUT2D eigenvalue weighted by Gasteiger charge is -2.22. The average molecular weight is 489 g/mol. The van der Waals surface area contributed by atoms with E-state index in [1.165, 1.54) is 6.33 Å². The summed E-state index contributed by atoms with van der Waals surface area (Å²) in [6, 6.07) is 6.82. The maximum atomic E-state index is 13.2. The Bertz CT molecular complexity index is 1030. The highest BCUT2D eigenvalue weighted by Crippen LogP contribution is 2.32. The van der Waals surface area contributed by atoms with Crippen molar-refractivity contribution in [3.63, 3.8) is 0 Å². The Morgan fingerprint density at radius 2 is 1.97 bits per heavy atom. The molecule has 0 N–H and O–H groups in total. The summed E-state index contributed by atoms with van der Waals surface area (Å²) in [6.45, 7) is 2.02. The smallest absolute Gasteiger partial charge is 0.339 e. The van der Waals surface area contributed by atoms with Crippen molar-refractivity contribution >= 4 is 11.9 Å². The summed E-state index contributed by atoms with van der Waals surface area (Å²) >= 11 is 0. The molecule has 1 aromatic carbocycles. The normalized spacial score (nSPS) is 23.9. The van der Waals surface area contributed by atoms with E-state index in [-0.39, 0.29) is 25.3 Å². The number of benzene rings is 1. The van der Waals surface area contributed by atoms with Gasteiger partial charge in [-0.2, -0.15) is 0 Å². The van der Waals surface area contributed by atoms with Gasteiger partial charge in [0, 0.05) is 18.0 Å². The maximum absolute atomic E-state index is 13.2. The van der Waals surface area contributed by atoms with Gasteiger partial charge in [0.15, 0.2) is 12.2 Å². The van der Waals surface area contributed by atoms with Crippen LogP contribution in [-0.2, 0) is 35.1 Å². The number of nitrogens with zero attached hydrogens (tertiary/aromatic N) is 3. The number of unbranched alkanes of at least 4 members (excludes halogenated alkanes) is 1. The van der Waals surface area contributed by atoms with Crippen LogP contribution in [-0.4, -0.2) is 64.2 Å². The minimum absolute atomic E-state index is 0.00243. The van der Waals surface area contributed by atoms with Crippen LogP contribution in [0.3, 0.4) is 0 Å². The van der Waals surface area contributed by atoms with Gasteiger partial charge in [0.25, 0.3) is 5.09 Å². The van der Waals surface area contributed by atoms with E-state index in [0.29, 0.717) is 12.0 Å². The molecule has 3 heterocycles. The lowest BCUT2D eigenvalue weighted by Crippen LogP contribution is -2.36. The molecule has 0 bridgehead atoms. The molecule has 2 unspecified atom stereocenters. The summed E-state index contributed by atoms with van der Waals surface area (Å²) in [5.74, 6) is -1.07. The van der Waals surface area contributed by atoms with E-state index in [0.717, 1.165) is 12.8 Å². The first-order valence-corrected chi connectivity index (χ1v) is 11.5. The molecule has 0 saturated carbocycles. The molecule has 2 aliphatic heterocycles. The van der Waals surface area contributed by atoms with E-state index in [2.05, 4.69) is 9.82 Å². The Morgan fingerprint density at radius 1 is 1.23 bits per heavy atom. The molecule has 2 aliphatic rings. The summed E-state index contributed by atoms with van der Waals surface area (Å²) in [5, 5.41) is 9.79. The quantitative estimate of drug-likeness (QED) is 0.262. The van der Waals surface area contributed by atoms with Crippen LogP contribution in [0.2, 0.25) is 0 Å². The van der Waals surface area contributed by atoms with Crippen molar-refractivity contribution < 1.29 is 38.5 Å². The Morgan fingerprint density at radius 3 is 2.69 bits per heavy atom. The molecule has 12 heteroatoms. The van der Waals surface area contributed by atoms with Gasteiger partial charge < -0.3 is 28.4 Å². The number of hydrogen-bond donors (Lipinski definition) is 0. The average Bonchev–Trinajstić information content (AvgIpc) is 3.57. The zero-order valence-corrected chi connectivity index (χ0v) is 19.2. The fraction of sp³-hybridized carbons (Fsp3) is 0.522. The van der Waals surface area contributed by atoms with Crippen molar-refractivity contribution in [2.75, 3.05) is 13.2 Å². The van der Waals surface area contributed by atoms with Crippen LogP contribution >= 0.6 is 0 Å². The largest absolute Gasteiger partial charge is 0.456 e. The van der Waals surface area contributed by atoms with E-state index in [1.807, 2.05) is 6.92 Å². The Labute approximate surface area is 201 Å². The van der Waals surface area contributed by atoms with Gasteiger partial charge in [0.2, 0.25) is 0 Å². The third-order valence-electron chi connectivity index (χ3n) is 5.93. The molecule has 0 spiro atoms. The highest BCUT2D eigenvalue weighted by Gasteiger charge is 2.51. The fourth-order valence-corrected chi connectivity index (χ4v) is 4.29. The summed E-state index contributed by atoms with van der Waals surface area (Å²) in [6.07, 6.45) is 3.35. The number of hydrogen-bond acceptors (Lipinski definition) is 10.